The van der Waals surface area contributed by atoms with Gasteiger partial charge in [-0.25, -0.2) is 0 Å². The van der Waals surface area contributed by atoms with Crippen LogP contribution in [0.4, 0.5) is 0 Å². The Labute approximate surface area is 196 Å². The Hall–Kier alpha value is -2.80. The Morgan fingerprint density at radius 2 is 1.79 bits per heavy atom. The summed E-state index contributed by atoms with van der Waals surface area (Å²) in [5.74, 6) is 1.12. The van der Waals surface area contributed by atoms with Gasteiger partial charge in [-0.2, -0.15) is 8.42 Å². The van der Waals surface area contributed by atoms with E-state index in [9.17, 15) is 13.2 Å². The molecule has 0 amide bonds. The number of fused-ring (bicyclic) bond motifs is 1. The molecule has 0 fully saturated rings. The predicted octanol–water partition coefficient (Wildman–Crippen LogP) is 5.27. The van der Waals surface area contributed by atoms with Gasteiger partial charge in [0.1, 0.15) is 17.1 Å². The summed E-state index contributed by atoms with van der Waals surface area (Å²) in [4.78, 5) is 11.7. The van der Waals surface area contributed by atoms with E-state index >= 15 is 0 Å². The molecule has 2 aromatic carbocycles. The number of allylic oxidation sites excluding steroid dienone is 1. The number of hydrogen-bond acceptors (Lipinski definition) is 6. The van der Waals surface area contributed by atoms with Gasteiger partial charge in [-0.15, -0.1) is 0 Å². The molecular weight excluding hydrogens is 440 g/mol. The molecular formula is C26H32O6S. The molecule has 0 spiro atoms. The normalized spacial score (nSPS) is 16.7. The zero-order valence-electron chi connectivity index (χ0n) is 19.7. The van der Waals surface area contributed by atoms with Crippen LogP contribution in [0.1, 0.15) is 62.1 Å². The first-order valence-corrected chi connectivity index (χ1v) is 13.0. The molecule has 6 nitrogen and oxygen atoms in total. The lowest BCUT2D eigenvalue weighted by Gasteiger charge is -2.28. The quantitative estimate of drug-likeness (QED) is 0.327. The number of methoxy groups -OCH3 is 1. The molecule has 0 heterocycles. The number of rotatable bonds is 11. The van der Waals surface area contributed by atoms with Crippen molar-refractivity contribution < 1.29 is 26.9 Å². The second-order valence-electron chi connectivity index (χ2n) is 8.74. The molecule has 2 aromatic rings. The van der Waals surface area contributed by atoms with Crippen molar-refractivity contribution in [3.05, 3.63) is 65.2 Å². The summed E-state index contributed by atoms with van der Waals surface area (Å²) in [7, 11) is -2.14. The maximum atomic E-state index is 11.7. The van der Waals surface area contributed by atoms with Gasteiger partial charge in [0.05, 0.1) is 19.8 Å². The molecule has 0 aromatic heterocycles. The number of ether oxygens (including phenoxy) is 2. The summed E-state index contributed by atoms with van der Waals surface area (Å²) in [6.07, 6.45) is 9.11. The van der Waals surface area contributed by atoms with E-state index in [0.717, 1.165) is 36.8 Å². The maximum absolute atomic E-state index is 11.7. The summed E-state index contributed by atoms with van der Waals surface area (Å²) in [6, 6.07) is 13.5. The summed E-state index contributed by atoms with van der Waals surface area (Å²) < 4.78 is 38.5. The van der Waals surface area contributed by atoms with Crippen molar-refractivity contribution in [2.45, 2.75) is 57.5 Å². The highest BCUT2D eigenvalue weighted by Crippen LogP contribution is 2.36. The van der Waals surface area contributed by atoms with Crippen LogP contribution >= 0.6 is 0 Å². The van der Waals surface area contributed by atoms with Gasteiger partial charge in [0.25, 0.3) is 0 Å². The maximum Gasteiger partial charge on any atom is 0.309 e. The van der Waals surface area contributed by atoms with E-state index in [1.807, 2.05) is 38.1 Å². The van der Waals surface area contributed by atoms with Crippen LogP contribution in [0.5, 0.6) is 11.5 Å². The fourth-order valence-electron chi connectivity index (χ4n) is 3.98. The van der Waals surface area contributed by atoms with Crippen molar-refractivity contribution in [1.82, 2.24) is 0 Å². The molecule has 0 radical (unpaired) electrons. The highest BCUT2D eigenvalue weighted by Gasteiger charge is 2.28. The molecule has 0 aliphatic heterocycles. The van der Waals surface area contributed by atoms with Crippen molar-refractivity contribution in [3.8, 4) is 11.5 Å². The van der Waals surface area contributed by atoms with E-state index in [2.05, 4.69) is 18.2 Å². The highest BCUT2D eigenvalue weighted by atomic mass is 32.2. The molecule has 1 unspecified atom stereocenters. The zero-order valence-corrected chi connectivity index (χ0v) is 20.5. The van der Waals surface area contributed by atoms with Gasteiger partial charge >= 0.3 is 16.1 Å². The van der Waals surface area contributed by atoms with Crippen molar-refractivity contribution in [2.75, 3.05) is 13.4 Å². The van der Waals surface area contributed by atoms with Gasteiger partial charge in [-0.3, -0.25) is 4.79 Å². The lowest BCUT2D eigenvalue weighted by Crippen LogP contribution is -2.34. The van der Waals surface area contributed by atoms with E-state index < -0.39 is 15.7 Å². The molecule has 0 N–H and O–H groups in total. The molecule has 178 valence electrons. The smallest absolute Gasteiger partial charge is 0.309 e. The SMILES string of the molecule is CC[C@](C)(CC(=O)OC)Oc1ccc(CCCC2C=Cc3cc(OS(C)(=O)=O)ccc32)cc1. The predicted molar refractivity (Wildman–Crippen MR) is 129 cm³/mol. The number of benzene rings is 2. The van der Waals surface area contributed by atoms with E-state index in [4.69, 9.17) is 13.7 Å². The minimum atomic E-state index is -3.53. The molecule has 0 saturated heterocycles. The number of carbonyl (C=O) groups excluding carboxylic acids is 1. The number of esters is 1. The third-order valence-electron chi connectivity index (χ3n) is 5.98. The van der Waals surface area contributed by atoms with Gasteiger partial charge in [0, 0.05) is 5.92 Å². The largest absolute Gasteiger partial charge is 0.487 e. The van der Waals surface area contributed by atoms with Crippen LogP contribution in [0.25, 0.3) is 6.08 Å². The Morgan fingerprint density at radius 3 is 2.42 bits per heavy atom. The average Bonchev–Trinajstić information content (AvgIpc) is 3.16. The second-order valence-corrected chi connectivity index (χ2v) is 10.3. The first-order valence-electron chi connectivity index (χ1n) is 11.2. The van der Waals surface area contributed by atoms with Crippen molar-refractivity contribution in [2.24, 2.45) is 0 Å². The highest BCUT2D eigenvalue weighted by molar-refractivity contribution is 7.86. The molecule has 1 aliphatic carbocycles. The standard InChI is InChI=1S/C26H32O6S/c1-5-26(2,18-25(27)30-3)31-22-13-9-19(10-14-22)7-6-8-20-11-12-21-17-23(15-16-24(20)21)32-33(4,28)29/h9-17,20H,5-8,18H2,1-4H3/t20?,26-/m1/s1. The topological polar surface area (TPSA) is 78.9 Å². The van der Waals surface area contributed by atoms with Crippen LogP contribution in [-0.4, -0.2) is 33.4 Å². The lowest BCUT2D eigenvalue weighted by atomic mass is 9.94. The fraction of sp³-hybridized carbons (Fsp3) is 0.423. The number of aryl methyl sites for hydroxylation is 1. The monoisotopic (exact) mass is 472 g/mol. The Balaban J connectivity index is 1.52. The summed E-state index contributed by atoms with van der Waals surface area (Å²) >= 11 is 0. The summed E-state index contributed by atoms with van der Waals surface area (Å²) in [5.41, 5.74) is 2.84. The van der Waals surface area contributed by atoms with Gasteiger partial charge in [0.2, 0.25) is 0 Å². The fourth-order valence-corrected chi connectivity index (χ4v) is 4.44. The van der Waals surface area contributed by atoms with Crippen LogP contribution in [0.2, 0.25) is 0 Å². The zero-order chi connectivity index (χ0) is 24.1. The van der Waals surface area contributed by atoms with Crippen LogP contribution in [-0.2, 0) is 26.1 Å². The number of carbonyl (C=O) groups is 1. The van der Waals surface area contributed by atoms with Crippen LogP contribution in [0.15, 0.2) is 48.5 Å². The van der Waals surface area contributed by atoms with E-state index in [1.54, 1.807) is 12.1 Å². The number of hydrogen-bond donors (Lipinski definition) is 0. The minimum Gasteiger partial charge on any atom is -0.487 e. The Bertz CT molecular complexity index is 1100. The van der Waals surface area contributed by atoms with Gasteiger partial charge in [0.15, 0.2) is 0 Å². The average molecular weight is 473 g/mol. The third kappa shape index (κ3) is 7.09. The van der Waals surface area contributed by atoms with Crippen molar-refractivity contribution >= 4 is 22.2 Å². The molecule has 0 saturated carbocycles. The molecule has 3 rings (SSSR count). The molecule has 2 atom stereocenters. The Kier molecular flexibility index (Phi) is 7.84. The van der Waals surface area contributed by atoms with Crippen LogP contribution in [0.3, 0.4) is 0 Å². The van der Waals surface area contributed by atoms with E-state index in [0.29, 0.717) is 18.1 Å². The third-order valence-corrected chi connectivity index (χ3v) is 6.47. The molecule has 7 heteroatoms. The first kappa shape index (κ1) is 24.8. The molecule has 33 heavy (non-hydrogen) atoms. The van der Waals surface area contributed by atoms with E-state index in [1.165, 1.54) is 18.2 Å². The first-order chi connectivity index (χ1) is 15.6. The molecule has 0 bridgehead atoms. The van der Waals surface area contributed by atoms with Crippen LogP contribution in [0, 0.1) is 0 Å². The van der Waals surface area contributed by atoms with Gasteiger partial charge < -0.3 is 13.7 Å². The lowest BCUT2D eigenvalue weighted by molar-refractivity contribution is -0.144. The summed E-state index contributed by atoms with van der Waals surface area (Å²) in [5, 5.41) is 0. The second kappa shape index (κ2) is 10.4. The van der Waals surface area contributed by atoms with Crippen LogP contribution < -0.4 is 8.92 Å². The van der Waals surface area contributed by atoms with E-state index in [-0.39, 0.29) is 12.4 Å². The van der Waals surface area contributed by atoms with Crippen molar-refractivity contribution in [3.63, 3.8) is 0 Å². The van der Waals surface area contributed by atoms with Crippen molar-refractivity contribution in [1.29, 1.82) is 0 Å². The molecule has 1 aliphatic rings. The van der Waals surface area contributed by atoms with Gasteiger partial charge in [-0.05, 0) is 73.6 Å². The minimum absolute atomic E-state index is 0.208. The summed E-state index contributed by atoms with van der Waals surface area (Å²) in [6.45, 7) is 3.91. The van der Waals surface area contributed by atoms with Gasteiger partial charge in [-0.1, -0.05) is 37.3 Å². The Morgan fingerprint density at radius 1 is 1.09 bits per heavy atom.